The van der Waals surface area contributed by atoms with Gasteiger partial charge in [0, 0.05) is 31.9 Å². The summed E-state index contributed by atoms with van der Waals surface area (Å²) in [7, 11) is 0. The lowest BCUT2D eigenvalue weighted by Crippen LogP contribution is -2.35. The second-order valence-corrected chi connectivity index (χ2v) is 6.75. The maximum Gasteiger partial charge on any atom is 0.339 e. The van der Waals surface area contributed by atoms with Gasteiger partial charge in [-0.1, -0.05) is 11.3 Å². The molecule has 7 nitrogen and oxygen atoms in total. The van der Waals surface area contributed by atoms with Gasteiger partial charge in [-0.05, 0) is 19.1 Å². The molecule has 0 radical (unpaired) electrons. The average Bonchev–Trinajstić information content (AvgIpc) is 2.98. The molecule has 8 heteroatoms. The molecule has 3 rings (SSSR count). The number of aromatic nitrogens is 4. The van der Waals surface area contributed by atoms with E-state index in [9.17, 15) is 4.79 Å². The average molecular weight is 370 g/mol. The first-order valence-electron chi connectivity index (χ1n) is 8.16. The van der Waals surface area contributed by atoms with Crippen LogP contribution < -0.4 is 10.3 Å². The van der Waals surface area contributed by atoms with Crippen molar-refractivity contribution in [1.29, 1.82) is 0 Å². The molecule has 0 fully saturated rings. The second-order valence-electron chi connectivity index (χ2n) is 5.82. The van der Waals surface area contributed by atoms with Crippen molar-refractivity contribution in [3.8, 4) is 0 Å². The lowest BCUT2D eigenvalue weighted by molar-refractivity contribution is -0.689. The van der Waals surface area contributed by atoms with E-state index in [0.29, 0.717) is 36.8 Å². The van der Waals surface area contributed by atoms with E-state index in [1.807, 2.05) is 19.4 Å². The molecule has 3 aromatic heterocycles. The highest BCUT2D eigenvalue weighted by Crippen LogP contribution is 2.14. The van der Waals surface area contributed by atoms with Crippen molar-refractivity contribution >= 4 is 23.1 Å². The lowest BCUT2D eigenvalue weighted by Gasteiger charge is -2.04. The van der Waals surface area contributed by atoms with Crippen LogP contribution in [0.4, 0.5) is 5.82 Å². The fourth-order valence-corrected chi connectivity index (χ4v) is 3.44. The summed E-state index contributed by atoms with van der Waals surface area (Å²) in [5, 5.41) is 0. The number of ether oxygens (including phenoxy) is 1. The summed E-state index contributed by atoms with van der Waals surface area (Å²) >= 11 is 1.63. The SMILES string of the molecule is Cc1ncc(C[n+]2csc(CCOC(=O)c3cccnc3)c2C)c(N)n1. The van der Waals surface area contributed by atoms with E-state index in [4.69, 9.17) is 10.5 Å². The Morgan fingerprint density at radius 3 is 2.92 bits per heavy atom. The van der Waals surface area contributed by atoms with Crippen LogP contribution in [0.5, 0.6) is 0 Å². The van der Waals surface area contributed by atoms with Gasteiger partial charge >= 0.3 is 5.97 Å². The molecule has 2 N–H and O–H groups in total. The Morgan fingerprint density at radius 2 is 2.19 bits per heavy atom. The van der Waals surface area contributed by atoms with Crippen LogP contribution in [0, 0.1) is 13.8 Å². The number of esters is 1. The third-order valence-electron chi connectivity index (χ3n) is 3.98. The Bertz CT molecular complexity index is 911. The second kappa shape index (κ2) is 8.01. The van der Waals surface area contributed by atoms with Gasteiger partial charge in [0.15, 0.2) is 12.2 Å². The Hall–Kier alpha value is -2.87. The zero-order valence-corrected chi connectivity index (χ0v) is 15.5. The number of nitrogens with zero attached hydrogens (tertiary/aromatic N) is 4. The molecule has 0 unspecified atom stereocenters. The fourth-order valence-electron chi connectivity index (χ4n) is 2.47. The Balaban J connectivity index is 1.59. The highest BCUT2D eigenvalue weighted by Gasteiger charge is 2.18. The largest absolute Gasteiger partial charge is 0.462 e. The van der Waals surface area contributed by atoms with Crippen molar-refractivity contribution in [2.75, 3.05) is 12.3 Å². The Kier molecular flexibility index (Phi) is 5.52. The maximum atomic E-state index is 11.9. The number of rotatable bonds is 6. The molecular weight excluding hydrogens is 350 g/mol. The molecule has 134 valence electrons. The lowest BCUT2D eigenvalue weighted by atomic mass is 10.2. The van der Waals surface area contributed by atoms with Gasteiger partial charge in [0.1, 0.15) is 11.6 Å². The highest BCUT2D eigenvalue weighted by molar-refractivity contribution is 7.09. The minimum absolute atomic E-state index is 0.324. The van der Waals surface area contributed by atoms with Crippen LogP contribution in [0.3, 0.4) is 0 Å². The van der Waals surface area contributed by atoms with Gasteiger partial charge in [-0.3, -0.25) is 4.98 Å². The van der Waals surface area contributed by atoms with Crippen molar-refractivity contribution in [2.45, 2.75) is 26.8 Å². The van der Waals surface area contributed by atoms with Crippen molar-refractivity contribution in [3.05, 3.63) is 63.8 Å². The van der Waals surface area contributed by atoms with Crippen molar-refractivity contribution in [2.24, 2.45) is 0 Å². The molecule has 3 aromatic rings. The van der Waals surface area contributed by atoms with Crippen LogP contribution in [0.25, 0.3) is 0 Å². The third kappa shape index (κ3) is 4.20. The summed E-state index contributed by atoms with van der Waals surface area (Å²) in [6.07, 6.45) is 5.55. The predicted octanol–water partition coefficient (Wildman–Crippen LogP) is 1.87. The summed E-state index contributed by atoms with van der Waals surface area (Å²) < 4.78 is 7.43. The van der Waals surface area contributed by atoms with E-state index in [1.165, 1.54) is 6.20 Å². The number of thiazole rings is 1. The van der Waals surface area contributed by atoms with Gasteiger partial charge in [-0.2, -0.15) is 4.57 Å². The van der Waals surface area contributed by atoms with Crippen molar-refractivity contribution in [3.63, 3.8) is 0 Å². The molecule has 0 atom stereocenters. The fraction of sp³-hybridized carbons (Fsp3) is 0.278. The van der Waals surface area contributed by atoms with E-state index in [1.54, 1.807) is 35.9 Å². The van der Waals surface area contributed by atoms with Crippen LogP contribution in [0.1, 0.15) is 32.3 Å². The number of carbonyl (C=O) groups is 1. The summed E-state index contributed by atoms with van der Waals surface area (Å²) in [5.41, 5.74) is 10.5. The normalized spacial score (nSPS) is 10.7. The number of aryl methyl sites for hydroxylation is 1. The van der Waals surface area contributed by atoms with Gasteiger partial charge in [0.25, 0.3) is 0 Å². The molecule has 0 bridgehead atoms. The smallest absolute Gasteiger partial charge is 0.339 e. The molecule has 3 heterocycles. The molecule has 0 amide bonds. The number of carbonyl (C=O) groups excluding carboxylic acids is 1. The minimum Gasteiger partial charge on any atom is -0.462 e. The first-order chi connectivity index (χ1) is 12.5. The van der Waals surface area contributed by atoms with Crippen LogP contribution in [-0.2, 0) is 17.7 Å². The van der Waals surface area contributed by atoms with Crippen molar-refractivity contribution in [1.82, 2.24) is 15.0 Å². The maximum absolute atomic E-state index is 11.9. The van der Waals surface area contributed by atoms with Crippen LogP contribution in [-0.4, -0.2) is 27.5 Å². The summed E-state index contributed by atoms with van der Waals surface area (Å²) in [4.78, 5) is 25.4. The Morgan fingerprint density at radius 1 is 1.35 bits per heavy atom. The number of pyridine rings is 1. The van der Waals surface area contributed by atoms with Gasteiger partial charge in [-0.15, -0.1) is 0 Å². The standard InChI is InChI=1S/C18H20N5O2S/c1-12-16(5-7-25-18(24)14-4-3-6-20-8-14)26-11-23(12)10-15-9-21-13(2)22-17(15)19/h3-4,6,8-9,11H,5,7,10H2,1-2H3,(H2,19,21,22)/q+1. The number of hydrogen-bond donors (Lipinski definition) is 1. The zero-order chi connectivity index (χ0) is 18.5. The van der Waals surface area contributed by atoms with E-state index in [-0.39, 0.29) is 5.97 Å². The van der Waals surface area contributed by atoms with E-state index in [2.05, 4.69) is 19.5 Å². The summed E-state index contributed by atoms with van der Waals surface area (Å²) in [5.74, 6) is 0.807. The van der Waals surface area contributed by atoms with Crippen LogP contribution in [0.15, 0.2) is 36.2 Å². The predicted molar refractivity (Wildman–Crippen MR) is 97.8 cm³/mol. The monoisotopic (exact) mass is 370 g/mol. The van der Waals surface area contributed by atoms with Gasteiger partial charge in [0.05, 0.1) is 22.6 Å². The molecule has 0 spiro atoms. The van der Waals surface area contributed by atoms with E-state index >= 15 is 0 Å². The first kappa shape index (κ1) is 17.9. The number of anilines is 1. The molecular formula is C18H20N5O2S+. The third-order valence-corrected chi connectivity index (χ3v) is 5.12. The molecule has 0 aliphatic rings. The Labute approximate surface area is 155 Å². The molecule has 0 saturated heterocycles. The van der Waals surface area contributed by atoms with Gasteiger partial charge in [0.2, 0.25) is 5.51 Å². The quantitative estimate of drug-likeness (QED) is 0.526. The van der Waals surface area contributed by atoms with Gasteiger partial charge in [-0.25, -0.2) is 14.8 Å². The van der Waals surface area contributed by atoms with Crippen molar-refractivity contribution < 1.29 is 14.1 Å². The molecule has 0 saturated carbocycles. The van der Waals surface area contributed by atoms with E-state index < -0.39 is 0 Å². The molecule has 0 aliphatic heterocycles. The highest BCUT2D eigenvalue weighted by atomic mass is 32.1. The summed E-state index contributed by atoms with van der Waals surface area (Å²) in [6, 6.07) is 3.40. The van der Waals surface area contributed by atoms with E-state index in [0.717, 1.165) is 16.1 Å². The number of hydrogen-bond acceptors (Lipinski definition) is 7. The molecule has 0 aromatic carbocycles. The van der Waals surface area contributed by atoms with Gasteiger partial charge < -0.3 is 10.5 Å². The van der Waals surface area contributed by atoms with Crippen LogP contribution in [0.2, 0.25) is 0 Å². The molecule has 0 aliphatic carbocycles. The summed E-state index contributed by atoms with van der Waals surface area (Å²) in [6.45, 7) is 4.79. The number of nitrogen functional groups attached to an aromatic ring is 1. The number of nitrogens with two attached hydrogens (primary N) is 1. The van der Waals surface area contributed by atoms with Crippen LogP contribution >= 0.6 is 11.3 Å². The zero-order valence-electron chi connectivity index (χ0n) is 14.7. The topological polar surface area (TPSA) is 94.9 Å². The molecule has 26 heavy (non-hydrogen) atoms. The minimum atomic E-state index is -0.357. The first-order valence-corrected chi connectivity index (χ1v) is 9.04.